The van der Waals surface area contributed by atoms with Gasteiger partial charge in [0.25, 0.3) is 0 Å². The van der Waals surface area contributed by atoms with Gasteiger partial charge in [-0.3, -0.25) is 4.79 Å². The standard InChI is InChI=1S/C11H23N3O3/c1-4-11(3,9(12)13-17)10(16)14(5-2)7-6-8-15/h15,17H,4-8H2,1-3H3,(H2,12,13). The third kappa shape index (κ3) is 3.59. The molecule has 0 rings (SSSR count). The van der Waals surface area contributed by atoms with E-state index in [9.17, 15) is 4.79 Å². The maximum absolute atomic E-state index is 12.3. The molecule has 0 aromatic rings. The van der Waals surface area contributed by atoms with Gasteiger partial charge < -0.3 is 20.9 Å². The van der Waals surface area contributed by atoms with Crippen molar-refractivity contribution in [2.75, 3.05) is 19.7 Å². The van der Waals surface area contributed by atoms with E-state index < -0.39 is 5.41 Å². The summed E-state index contributed by atoms with van der Waals surface area (Å²) in [5.74, 6) is -0.251. The summed E-state index contributed by atoms with van der Waals surface area (Å²) in [7, 11) is 0. The van der Waals surface area contributed by atoms with Crippen LogP contribution in [-0.2, 0) is 4.79 Å². The number of oxime groups is 1. The van der Waals surface area contributed by atoms with Crippen LogP contribution in [0.25, 0.3) is 0 Å². The molecule has 0 aromatic heterocycles. The van der Waals surface area contributed by atoms with E-state index in [-0.39, 0.29) is 18.3 Å². The smallest absolute Gasteiger partial charge is 0.236 e. The second-order valence-electron chi connectivity index (χ2n) is 4.13. The molecular weight excluding hydrogens is 222 g/mol. The molecule has 100 valence electrons. The largest absolute Gasteiger partial charge is 0.409 e. The number of hydrogen-bond acceptors (Lipinski definition) is 4. The first kappa shape index (κ1) is 15.7. The van der Waals surface area contributed by atoms with E-state index in [0.29, 0.717) is 25.9 Å². The fraction of sp³-hybridized carbons (Fsp3) is 0.818. The average molecular weight is 245 g/mol. The van der Waals surface area contributed by atoms with Crippen LogP contribution < -0.4 is 5.73 Å². The SMILES string of the molecule is CCN(CCCO)C(=O)C(C)(CC)C(N)=NO. The molecule has 0 aromatic carbocycles. The second kappa shape index (κ2) is 7.11. The van der Waals surface area contributed by atoms with Gasteiger partial charge in [-0.15, -0.1) is 0 Å². The highest BCUT2D eigenvalue weighted by Gasteiger charge is 2.38. The van der Waals surface area contributed by atoms with E-state index in [4.69, 9.17) is 16.0 Å². The molecule has 0 heterocycles. The molecule has 0 aliphatic heterocycles. The molecule has 0 aliphatic carbocycles. The summed E-state index contributed by atoms with van der Waals surface area (Å²) in [4.78, 5) is 13.9. The van der Waals surface area contributed by atoms with Crippen molar-refractivity contribution < 1.29 is 15.1 Å². The van der Waals surface area contributed by atoms with Gasteiger partial charge in [-0.05, 0) is 26.7 Å². The topological polar surface area (TPSA) is 99.2 Å². The average Bonchev–Trinajstić information content (AvgIpc) is 2.37. The van der Waals surface area contributed by atoms with E-state index >= 15 is 0 Å². The molecule has 0 bridgehead atoms. The van der Waals surface area contributed by atoms with Crippen molar-refractivity contribution in [2.24, 2.45) is 16.3 Å². The lowest BCUT2D eigenvalue weighted by Crippen LogP contribution is -2.49. The summed E-state index contributed by atoms with van der Waals surface area (Å²) in [5.41, 5.74) is 4.60. The predicted octanol–water partition coefficient (Wildman–Crippen LogP) is 0.380. The number of carbonyl (C=O) groups excluding carboxylic acids is 1. The molecule has 1 unspecified atom stereocenters. The minimum atomic E-state index is -0.986. The van der Waals surface area contributed by atoms with Crippen molar-refractivity contribution in [3.63, 3.8) is 0 Å². The first-order chi connectivity index (χ1) is 7.97. The lowest BCUT2D eigenvalue weighted by molar-refractivity contribution is -0.137. The molecule has 0 fully saturated rings. The lowest BCUT2D eigenvalue weighted by Gasteiger charge is -2.32. The van der Waals surface area contributed by atoms with E-state index in [1.165, 1.54) is 0 Å². The fourth-order valence-corrected chi connectivity index (χ4v) is 1.57. The van der Waals surface area contributed by atoms with E-state index in [2.05, 4.69) is 5.16 Å². The number of amidine groups is 1. The van der Waals surface area contributed by atoms with Gasteiger partial charge in [0.15, 0.2) is 5.84 Å². The highest BCUT2D eigenvalue weighted by molar-refractivity contribution is 6.06. The zero-order chi connectivity index (χ0) is 13.5. The van der Waals surface area contributed by atoms with Crippen LogP contribution in [-0.4, -0.2) is 46.7 Å². The second-order valence-corrected chi connectivity index (χ2v) is 4.13. The van der Waals surface area contributed by atoms with Crippen molar-refractivity contribution in [2.45, 2.75) is 33.6 Å². The molecule has 0 radical (unpaired) electrons. The highest BCUT2D eigenvalue weighted by Crippen LogP contribution is 2.24. The molecule has 0 spiro atoms. The van der Waals surface area contributed by atoms with Crippen molar-refractivity contribution in [3.05, 3.63) is 0 Å². The zero-order valence-electron chi connectivity index (χ0n) is 10.8. The Morgan fingerprint density at radius 1 is 1.47 bits per heavy atom. The number of hydrogen-bond donors (Lipinski definition) is 3. The molecular formula is C11H23N3O3. The fourth-order valence-electron chi connectivity index (χ4n) is 1.57. The van der Waals surface area contributed by atoms with Gasteiger partial charge in [0.2, 0.25) is 5.91 Å². The van der Waals surface area contributed by atoms with Crippen molar-refractivity contribution >= 4 is 11.7 Å². The van der Waals surface area contributed by atoms with Crippen LogP contribution in [0.5, 0.6) is 0 Å². The minimum Gasteiger partial charge on any atom is -0.409 e. The molecule has 6 nitrogen and oxygen atoms in total. The molecule has 6 heteroatoms. The van der Waals surface area contributed by atoms with Crippen LogP contribution in [0, 0.1) is 5.41 Å². The molecule has 17 heavy (non-hydrogen) atoms. The van der Waals surface area contributed by atoms with E-state index in [0.717, 1.165) is 0 Å². The predicted molar refractivity (Wildman–Crippen MR) is 65.8 cm³/mol. The van der Waals surface area contributed by atoms with Gasteiger partial charge in [0.05, 0.1) is 0 Å². The summed E-state index contributed by atoms with van der Waals surface area (Å²) in [6.07, 6.45) is 0.979. The Labute approximate surface area is 102 Å². The van der Waals surface area contributed by atoms with Gasteiger partial charge >= 0.3 is 0 Å². The van der Waals surface area contributed by atoms with E-state index in [1.807, 2.05) is 13.8 Å². The summed E-state index contributed by atoms with van der Waals surface area (Å²) in [6, 6.07) is 0. The molecule has 0 saturated carbocycles. The molecule has 0 saturated heterocycles. The van der Waals surface area contributed by atoms with Crippen LogP contribution in [0.15, 0.2) is 5.16 Å². The van der Waals surface area contributed by atoms with Gasteiger partial charge in [-0.2, -0.15) is 0 Å². The quantitative estimate of drug-likeness (QED) is 0.261. The Hall–Kier alpha value is -1.30. The van der Waals surface area contributed by atoms with Gasteiger partial charge in [0, 0.05) is 19.7 Å². The van der Waals surface area contributed by atoms with Crippen LogP contribution in [0.3, 0.4) is 0 Å². The maximum atomic E-state index is 12.3. The Kier molecular flexibility index (Phi) is 6.57. The summed E-state index contributed by atoms with van der Waals surface area (Å²) in [5, 5.41) is 20.5. The molecule has 0 aliphatic rings. The van der Waals surface area contributed by atoms with Crippen molar-refractivity contribution in [1.82, 2.24) is 4.90 Å². The zero-order valence-corrected chi connectivity index (χ0v) is 10.8. The lowest BCUT2D eigenvalue weighted by atomic mass is 9.84. The third-order valence-electron chi connectivity index (χ3n) is 3.11. The van der Waals surface area contributed by atoms with Crippen molar-refractivity contribution in [1.29, 1.82) is 0 Å². The van der Waals surface area contributed by atoms with Gasteiger partial charge in [0.1, 0.15) is 5.41 Å². The Balaban J connectivity index is 4.94. The van der Waals surface area contributed by atoms with Gasteiger partial charge in [-0.25, -0.2) is 0 Å². The number of nitrogens with two attached hydrogens (primary N) is 1. The molecule has 1 amide bonds. The Morgan fingerprint density at radius 3 is 2.41 bits per heavy atom. The number of amides is 1. The van der Waals surface area contributed by atoms with E-state index in [1.54, 1.807) is 11.8 Å². The normalized spacial score (nSPS) is 15.4. The Bertz CT molecular complexity index is 281. The minimum absolute atomic E-state index is 0.0379. The number of aliphatic hydroxyl groups excluding tert-OH is 1. The van der Waals surface area contributed by atoms with Crippen LogP contribution in [0.4, 0.5) is 0 Å². The number of rotatable bonds is 7. The summed E-state index contributed by atoms with van der Waals surface area (Å²) in [6.45, 7) is 6.38. The molecule has 1 atom stereocenters. The van der Waals surface area contributed by atoms with Crippen LogP contribution in [0.1, 0.15) is 33.6 Å². The number of nitrogens with zero attached hydrogens (tertiary/aromatic N) is 2. The summed E-state index contributed by atoms with van der Waals surface area (Å²) < 4.78 is 0. The first-order valence-corrected chi connectivity index (χ1v) is 5.86. The third-order valence-corrected chi connectivity index (χ3v) is 3.11. The van der Waals surface area contributed by atoms with Gasteiger partial charge in [-0.1, -0.05) is 12.1 Å². The highest BCUT2D eigenvalue weighted by atomic mass is 16.4. The monoisotopic (exact) mass is 245 g/mol. The van der Waals surface area contributed by atoms with Crippen molar-refractivity contribution in [3.8, 4) is 0 Å². The maximum Gasteiger partial charge on any atom is 0.236 e. The first-order valence-electron chi connectivity index (χ1n) is 5.86. The Morgan fingerprint density at radius 2 is 2.06 bits per heavy atom. The van der Waals surface area contributed by atoms with Crippen LogP contribution >= 0.6 is 0 Å². The number of carbonyl (C=O) groups is 1. The number of aliphatic hydroxyl groups is 1. The van der Waals surface area contributed by atoms with Crippen LogP contribution in [0.2, 0.25) is 0 Å². The summed E-state index contributed by atoms with van der Waals surface area (Å²) >= 11 is 0. The molecule has 4 N–H and O–H groups in total.